The van der Waals surface area contributed by atoms with Crippen molar-refractivity contribution in [3.63, 3.8) is 0 Å². The van der Waals surface area contributed by atoms with Crippen molar-refractivity contribution in [3.8, 4) is 22.4 Å². The summed E-state index contributed by atoms with van der Waals surface area (Å²) >= 11 is 0. The van der Waals surface area contributed by atoms with Crippen LogP contribution >= 0.6 is 0 Å². The number of fused-ring (bicyclic) bond motifs is 4. The normalized spacial score (nSPS) is 15.6. The fourth-order valence-electron chi connectivity index (χ4n) is 5.50. The van der Waals surface area contributed by atoms with Crippen LogP contribution in [0.3, 0.4) is 0 Å². The Bertz CT molecular complexity index is 1240. The quantitative estimate of drug-likeness (QED) is 0.312. The van der Waals surface area contributed by atoms with E-state index in [1.54, 1.807) is 0 Å². The van der Waals surface area contributed by atoms with Gasteiger partial charge >= 0.3 is 0 Å². The molecule has 1 aromatic heterocycles. The number of benzene rings is 3. The minimum Gasteiger partial charge on any atom is -0.256 e. The molecule has 2 aliphatic rings. The molecule has 1 nitrogen and oxygen atoms in total. The van der Waals surface area contributed by atoms with Crippen LogP contribution in [0.5, 0.6) is 0 Å². The third-order valence-corrected chi connectivity index (χ3v) is 6.94. The molecule has 142 valence electrons. The van der Waals surface area contributed by atoms with Gasteiger partial charge < -0.3 is 0 Å². The highest BCUT2D eigenvalue weighted by atomic mass is 14.7. The zero-order chi connectivity index (χ0) is 19.4. The molecule has 29 heavy (non-hydrogen) atoms. The second-order valence-electron chi connectivity index (χ2n) is 8.79. The largest absolute Gasteiger partial charge is 0.256 e. The lowest BCUT2D eigenvalue weighted by Crippen LogP contribution is -1.96. The predicted molar refractivity (Wildman–Crippen MR) is 121 cm³/mol. The average molecular weight is 376 g/mol. The SMILES string of the molecule is Cc1cc2c(c(-c3nccc4ccc(C5CCCC5)cc34)c1)Cc1ccccc1-2. The van der Waals surface area contributed by atoms with Crippen LogP contribution < -0.4 is 0 Å². The van der Waals surface area contributed by atoms with E-state index < -0.39 is 0 Å². The van der Waals surface area contributed by atoms with Gasteiger partial charge in [0.05, 0.1) is 5.69 Å². The van der Waals surface area contributed by atoms with Crippen molar-refractivity contribution in [3.05, 3.63) is 89.1 Å². The summed E-state index contributed by atoms with van der Waals surface area (Å²) in [6, 6.07) is 22.8. The molecule has 1 fully saturated rings. The highest BCUT2D eigenvalue weighted by Crippen LogP contribution is 2.44. The van der Waals surface area contributed by atoms with Crippen LogP contribution in [0.1, 0.15) is 53.9 Å². The summed E-state index contributed by atoms with van der Waals surface area (Å²) in [4.78, 5) is 4.93. The lowest BCUT2D eigenvalue weighted by Gasteiger charge is -2.15. The Kier molecular flexibility index (Phi) is 3.84. The molecule has 0 N–H and O–H groups in total. The summed E-state index contributed by atoms with van der Waals surface area (Å²) in [7, 11) is 0. The maximum Gasteiger partial charge on any atom is 0.0783 e. The fraction of sp³-hybridized carbons (Fsp3) is 0.250. The van der Waals surface area contributed by atoms with Crippen molar-refractivity contribution in [2.45, 2.75) is 44.9 Å². The minimum absolute atomic E-state index is 0.722. The maximum atomic E-state index is 4.93. The number of aryl methyl sites for hydroxylation is 1. The summed E-state index contributed by atoms with van der Waals surface area (Å²) in [5, 5.41) is 2.60. The second-order valence-corrected chi connectivity index (χ2v) is 8.79. The average Bonchev–Trinajstić information content (AvgIpc) is 3.41. The first-order chi connectivity index (χ1) is 14.3. The molecule has 0 radical (unpaired) electrons. The van der Waals surface area contributed by atoms with Crippen LogP contribution in [-0.2, 0) is 6.42 Å². The van der Waals surface area contributed by atoms with Crippen LogP contribution in [-0.4, -0.2) is 4.98 Å². The van der Waals surface area contributed by atoms with Gasteiger partial charge in [0.15, 0.2) is 0 Å². The van der Waals surface area contributed by atoms with Crippen molar-refractivity contribution in [2.75, 3.05) is 0 Å². The molecule has 0 spiro atoms. The third kappa shape index (κ3) is 2.72. The smallest absolute Gasteiger partial charge is 0.0783 e. The number of rotatable bonds is 2. The second kappa shape index (κ2) is 6.56. The van der Waals surface area contributed by atoms with Gasteiger partial charge in [-0.15, -0.1) is 0 Å². The minimum atomic E-state index is 0.722. The molecule has 0 unspecified atom stereocenters. The van der Waals surface area contributed by atoms with Crippen molar-refractivity contribution in [1.29, 1.82) is 0 Å². The van der Waals surface area contributed by atoms with Crippen LogP contribution in [0.15, 0.2) is 66.9 Å². The maximum absolute atomic E-state index is 4.93. The fourth-order valence-corrected chi connectivity index (χ4v) is 5.50. The van der Waals surface area contributed by atoms with Gasteiger partial charge in [-0.1, -0.05) is 55.3 Å². The third-order valence-electron chi connectivity index (χ3n) is 6.94. The Morgan fingerprint density at radius 3 is 2.55 bits per heavy atom. The van der Waals surface area contributed by atoms with Gasteiger partial charge in [0.25, 0.3) is 0 Å². The highest BCUT2D eigenvalue weighted by molar-refractivity contribution is 5.98. The van der Waals surface area contributed by atoms with E-state index >= 15 is 0 Å². The van der Waals surface area contributed by atoms with Gasteiger partial charge in [-0.3, -0.25) is 4.98 Å². The standard InChI is InChI=1S/C28H25N/c1-18-14-25-23-9-5-4-8-22(23)17-26(25)27(15-18)28-24-16-21(19-6-2-3-7-19)11-10-20(24)12-13-29-28/h4-5,8-16,19H,2-3,6-7,17H2,1H3. The number of nitrogens with zero attached hydrogens (tertiary/aromatic N) is 1. The van der Waals surface area contributed by atoms with Gasteiger partial charge in [0, 0.05) is 17.1 Å². The van der Waals surface area contributed by atoms with E-state index in [2.05, 4.69) is 67.6 Å². The van der Waals surface area contributed by atoms with Crippen LogP contribution in [0.25, 0.3) is 33.2 Å². The van der Waals surface area contributed by atoms with Gasteiger partial charge in [-0.05, 0) is 89.1 Å². The molecular formula is C28H25N. The van der Waals surface area contributed by atoms with Gasteiger partial charge in [-0.2, -0.15) is 0 Å². The topological polar surface area (TPSA) is 12.9 Å². The highest BCUT2D eigenvalue weighted by Gasteiger charge is 2.24. The van der Waals surface area contributed by atoms with Crippen LogP contribution in [0.4, 0.5) is 0 Å². The number of aromatic nitrogens is 1. The Labute approximate surface area is 172 Å². The molecule has 0 aliphatic heterocycles. The summed E-state index contributed by atoms with van der Waals surface area (Å²) in [6.07, 6.45) is 8.37. The molecule has 3 aromatic carbocycles. The predicted octanol–water partition coefficient (Wildman–Crippen LogP) is 7.44. The first kappa shape index (κ1) is 17.0. The summed E-state index contributed by atoms with van der Waals surface area (Å²) in [6.45, 7) is 2.21. The van der Waals surface area contributed by atoms with Gasteiger partial charge in [0.2, 0.25) is 0 Å². The lowest BCUT2D eigenvalue weighted by molar-refractivity contribution is 0.724. The lowest BCUT2D eigenvalue weighted by atomic mass is 9.91. The van der Waals surface area contributed by atoms with E-state index in [1.165, 1.54) is 75.4 Å². The molecule has 0 atom stereocenters. The first-order valence-corrected chi connectivity index (χ1v) is 10.9. The van der Waals surface area contributed by atoms with Crippen molar-refractivity contribution >= 4 is 10.8 Å². The Morgan fingerprint density at radius 1 is 0.828 bits per heavy atom. The molecular weight excluding hydrogens is 350 g/mol. The van der Waals surface area contributed by atoms with Crippen molar-refractivity contribution in [2.24, 2.45) is 0 Å². The monoisotopic (exact) mass is 375 g/mol. The summed E-state index contributed by atoms with van der Waals surface area (Å²) in [5.41, 5.74) is 10.9. The zero-order valence-corrected chi connectivity index (χ0v) is 16.9. The molecule has 1 heterocycles. The van der Waals surface area contributed by atoms with E-state index in [0.29, 0.717) is 0 Å². The van der Waals surface area contributed by atoms with Crippen molar-refractivity contribution in [1.82, 2.24) is 4.98 Å². The van der Waals surface area contributed by atoms with E-state index in [1.807, 2.05) is 6.20 Å². The van der Waals surface area contributed by atoms with E-state index in [0.717, 1.165) is 18.0 Å². The molecule has 0 bridgehead atoms. The number of hydrogen-bond donors (Lipinski definition) is 0. The molecule has 1 heteroatoms. The Morgan fingerprint density at radius 2 is 1.66 bits per heavy atom. The van der Waals surface area contributed by atoms with Crippen LogP contribution in [0.2, 0.25) is 0 Å². The van der Waals surface area contributed by atoms with Gasteiger partial charge in [0.1, 0.15) is 0 Å². The molecule has 6 rings (SSSR count). The van der Waals surface area contributed by atoms with Gasteiger partial charge in [-0.25, -0.2) is 0 Å². The van der Waals surface area contributed by atoms with E-state index in [-0.39, 0.29) is 0 Å². The van der Waals surface area contributed by atoms with Crippen LogP contribution in [0, 0.1) is 6.92 Å². The summed E-state index contributed by atoms with van der Waals surface area (Å²) in [5.74, 6) is 0.722. The van der Waals surface area contributed by atoms with E-state index in [4.69, 9.17) is 4.98 Å². The molecule has 2 aliphatic carbocycles. The number of hydrogen-bond acceptors (Lipinski definition) is 1. The molecule has 1 saturated carbocycles. The Balaban J connectivity index is 1.58. The van der Waals surface area contributed by atoms with E-state index in [9.17, 15) is 0 Å². The van der Waals surface area contributed by atoms with Crippen molar-refractivity contribution < 1.29 is 0 Å². The summed E-state index contributed by atoms with van der Waals surface area (Å²) < 4.78 is 0. The molecule has 4 aromatic rings. The zero-order valence-electron chi connectivity index (χ0n) is 16.9. The first-order valence-electron chi connectivity index (χ1n) is 10.9. The Hall–Kier alpha value is -2.93. The molecule has 0 amide bonds. The molecule has 0 saturated heterocycles. The number of pyridine rings is 1.